The molecule has 0 aliphatic rings. The first kappa shape index (κ1) is 17.3. The number of benzene rings is 3. The Balaban J connectivity index is 1.58. The van der Waals surface area contributed by atoms with E-state index in [9.17, 15) is 4.79 Å². The molecule has 0 atom stereocenters. The van der Waals surface area contributed by atoms with Crippen molar-refractivity contribution >= 4 is 21.7 Å². The minimum Gasteiger partial charge on any atom is -0.496 e. The molecule has 0 radical (unpaired) electrons. The molecule has 4 aromatic rings. The molecule has 0 bridgehead atoms. The highest BCUT2D eigenvalue weighted by molar-refractivity contribution is 6.06. The summed E-state index contributed by atoms with van der Waals surface area (Å²) in [7, 11) is 1.70. The number of methoxy groups -OCH3 is 1. The van der Waals surface area contributed by atoms with E-state index in [-0.39, 0.29) is 5.63 Å². The van der Waals surface area contributed by atoms with Crippen LogP contribution in [0, 0.1) is 0 Å². The van der Waals surface area contributed by atoms with Crippen molar-refractivity contribution < 1.29 is 14.5 Å². The summed E-state index contributed by atoms with van der Waals surface area (Å²) < 4.78 is 10.8. The molecule has 27 heavy (non-hydrogen) atoms. The zero-order valence-corrected chi connectivity index (χ0v) is 15.3. The fraction of sp³-hybridized carbons (Fsp3) is 0.174. The second-order valence-electron chi connectivity index (χ2n) is 6.59. The highest BCUT2D eigenvalue weighted by Crippen LogP contribution is 2.26. The fourth-order valence-electron chi connectivity index (χ4n) is 3.61. The van der Waals surface area contributed by atoms with E-state index in [1.807, 2.05) is 42.5 Å². The summed E-state index contributed by atoms with van der Waals surface area (Å²) in [5.74, 6) is 0.919. The van der Waals surface area contributed by atoms with E-state index in [1.54, 1.807) is 13.2 Å². The molecule has 4 rings (SSSR count). The SMILES string of the molecule is COc1ccccc1CC[NH2+]Cc1cc(=O)oc2ccc3ccccc3c12. The molecule has 3 aromatic carbocycles. The molecule has 0 spiro atoms. The molecule has 1 heterocycles. The van der Waals surface area contributed by atoms with Crippen molar-refractivity contribution in [3.05, 3.63) is 88.3 Å². The van der Waals surface area contributed by atoms with Crippen LogP contribution in [0.15, 0.2) is 75.9 Å². The number of nitrogens with two attached hydrogens (primary N) is 1. The molecule has 0 fully saturated rings. The molecular weight excluding hydrogens is 338 g/mol. The normalized spacial score (nSPS) is 11.1. The van der Waals surface area contributed by atoms with Gasteiger partial charge in [-0.25, -0.2) is 4.79 Å². The zero-order chi connectivity index (χ0) is 18.6. The third kappa shape index (κ3) is 3.57. The van der Waals surface area contributed by atoms with Crippen LogP contribution in [0.5, 0.6) is 5.75 Å². The van der Waals surface area contributed by atoms with E-state index in [4.69, 9.17) is 9.15 Å². The van der Waals surface area contributed by atoms with E-state index in [0.717, 1.165) is 47.0 Å². The molecule has 0 unspecified atom stereocenters. The maximum Gasteiger partial charge on any atom is 0.336 e. The second-order valence-corrected chi connectivity index (χ2v) is 6.59. The van der Waals surface area contributed by atoms with E-state index < -0.39 is 0 Å². The summed E-state index contributed by atoms with van der Waals surface area (Å²) in [5, 5.41) is 5.52. The smallest absolute Gasteiger partial charge is 0.336 e. The molecule has 2 N–H and O–H groups in total. The van der Waals surface area contributed by atoms with Gasteiger partial charge in [-0.2, -0.15) is 0 Å². The minimum absolute atomic E-state index is 0.300. The summed E-state index contributed by atoms with van der Waals surface area (Å²) in [5.41, 5.74) is 2.55. The highest BCUT2D eigenvalue weighted by Gasteiger charge is 2.11. The monoisotopic (exact) mass is 360 g/mol. The van der Waals surface area contributed by atoms with Gasteiger partial charge in [0.05, 0.1) is 13.7 Å². The fourth-order valence-corrected chi connectivity index (χ4v) is 3.61. The van der Waals surface area contributed by atoms with Gasteiger partial charge in [-0.05, 0) is 28.5 Å². The first-order valence-corrected chi connectivity index (χ1v) is 9.14. The molecule has 0 aliphatic heterocycles. The van der Waals surface area contributed by atoms with Crippen molar-refractivity contribution in [2.75, 3.05) is 13.7 Å². The molecule has 0 amide bonds. The van der Waals surface area contributed by atoms with Crippen LogP contribution in [0.4, 0.5) is 0 Å². The summed E-state index contributed by atoms with van der Waals surface area (Å²) >= 11 is 0. The number of para-hydroxylation sites is 1. The Kier molecular flexibility index (Phi) is 4.90. The number of hydrogen-bond donors (Lipinski definition) is 1. The Morgan fingerprint density at radius 3 is 2.67 bits per heavy atom. The van der Waals surface area contributed by atoms with Crippen molar-refractivity contribution in [1.82, 2.24) is 0 Å². The summed E-state index contributed by atoms with van der Waals surface area (Å²) in [4.78, 5) is 12.0. The van der Waals surface area contributed by atoms with Crippen LogP contribution < -0.4 is 15.7 Å². The van der Waals surface area contributed by atoms with Gasteiger partial charge in [0, 0.05) is 23.4 Å². The number of fused-ring (bicyclic) bond motifs is 3. The van der Waals surface area contributed by atoms with Crippen LogP contribution >= 0.6 is 0 Å². The van der Waals surface area contributed by atoms with E-state index in [2.05, 4.69) is 23.5 Å². The van der Waals surface area contributed by atoms with Gasteiger partial charge < -0.3 is 14.5 Å². The van der Waals surface area contributed by atoms with Gasteiger partial charge >= 0.3 is 5.63 Å². The highest BCUT2D eigenvalue weighted by atomic mass is 16.5. The average Bonchev–Trinajstić information content (AvgIpc) is 2.70. The molecule has 0 aliphatic carbocycles. The molecule has 136 valence electrons. The van der Waals surface area contributed by atoms with Gasteiger partial charge in [0.1, 0.15) is 17.9 Å². The van der Waals surface area contributed by atoms with Gasteiger partial charge in [0.2, 0.25) is 0 Å². The number of quaternary nitrogens is 1. The third-order valence-electron chi connectivity index (χ3n) is 4.89. The molecule has 0 saturated carbocycles. The second kappa shape index (κ2) is 7.64. The summed E-state index contributed by atoms with van der Waals surface area (Å²) in [6, 6.07) is 21.8. The van der Waals surface area contributed by atoms with Crippen molar-refractivity contribution in [1.29, 1.82) is 0 Å². The predicted molar refractivity (Wildman–Crippen MR) is 107 cm³/mol. The van der Waals surface area contributed by atoms with Crippen molar-refractivity contribution in [3.63, 3.8) is 0 Å². The van der Waals surface area contributed by atoms with Crippen molar-refractivity contribution in [2.45, 2.75) is 13.0 Å². The molecule has 4 heteroatoms. The minimum atomic E-state index is -0.300. The lowest BCUT2D eigenvalue weighted by Crippen LogP contribution is -2.83. The van der Waals surface area contributed by atoms with Crippen LogP contribution in [0.2, 0.25) is 0 Å². The van der Waals surface area contributed by atoms with Gasteiger partial charge in [0.15, 0.2) is 0 Å². The lowest BCUT2D eigenvalue weighted by molar-refractivity contribution is -0.670. The van der Waals surface area contributed by atoms with E-state index >= 15 is 0 Å². The Morgan fingerprint density at radius 2 is 1.78 bits per heavy atom. The summed E-state index contributed by atoms with van der Waals surface area (Å²) in [6.07, 6.45) is 0.907. The van der Waals surface area contributed by atoms with Crippen molar-refractivity contribution in [3.8, 4) is 5.75 Å². The van der Waals surface area contributed by atoms with E-state index in [0.29, 0.717) is 5.58 Å². The first-order valence-electron chi connectivity index (χ1n) is 9.14. The Bertz CT molecular complexity index is 1150. The molecule has 1 aromatic heterocycles. The van der Waals surface area contributed by atoms with Crippen LogP contribution in [-0.2, 0) is 13.0 Å². The summed E-state index contributed by atoms with van der Waals surface area (Å²) in [6.45, 7) is 1.64. The average molecular weight is 360 g/mol. The lowest BCUT2D eigenvalue weighted by Gasteiger charge is -2.09. The maximum atomic E-state index is 12.0. The number of hydrogen-bond acceptors (Lipinski definition) is 3. The zero-order valence-electron chi connectivity index (χ0n) is 15.3. The lowest BCUT2D eigenvalue weighted by atomic mass is 10.0. The largest absolute Gasteiger partial charge is 0.496 e. The van der Waals surface area contributed by atoms with Gasteiger partial charge in [-0.1, -0.05) is 48.5 Å². The Labute approximate surface area is 157 Å². The van der Waals surface area contributed by atoms with Gasteiger partial charge in [0.25, 0.3) is 0 Å². The van der Waals surface area contributed by atoms with Crippen LogP contribution in [0.25, 0.3) is 21.7 Å². The van der Waals surface area contributed by atoms with E-state index in [1.165, 1.54) is 5.56 Å². The number of ether oxygens (including phenoxy) is 1. The molecule has 0 saturated heterocycles. The quantitative estimate of drug-likeness (QED) is 0.326. The third-order valence-corrected chi connectivity index (χ3v) is 4.89. The van der Waals surface area contributed by atoms with Gasteiger partial charge in [-0.15, -0.1) is 0 Å². The van der Waals surface area contributed by atoms with Crippen LogP contribution in [0.3, 0.4) is 0 Å². The topological polar surface area (TPSA) is 56.0 Å². The Hall–Kier alpha value is -3.11. The van der Waals surface area contributed by atoms with Crippen molar-refractivity contribution in [2.24, 2.45) is 0 Å². The predicted octanol–water partition coefficient (Wildman–Crippen LogP) is 3.26. The Morgan fingerprint density at radius 1 is 0.963 bits per heavy atom. The molecular formula is C23H22NO3+. The van der Waals surface area contributed by atoms with Crippen LogP contribution in [0.1, 0.15) is 11.1 Å². The first-order chi connectivity index (χ1) is 13.3. The standard InChI is InChI=1S/C23H21NO3/c1-26-20-9-5-3-7-17(20)12-13-24-15-18-14-22(25)27-21-11-10-16-6-2-4-8-19(16)23(18)21/h2-11,14,24H,12-13,15H2,1H3/p+1. The van der Waals surface area contributed by atoms with Crippen LogP contribution in [-0.4, -0.2) is 13.7 Å². The van der Waals surface area contributed by atoms with Gasteiger partial charge in [-0.3, -0.25) is 0 Å². The maximum absolute atomic E-state index is 12.0. The molecule has 4 nitrogen and oxygen atoms in total. The number of rotatable bonds is 6.